The van der Waals surface area contributed by atoms with Crippen molar-refractivity contribution in [1.82, 2.24) is 0 Å². The molecule has 0 aliphatic carbocycles. The van der Waals surface area contributed by atoms with Crippen molar-refractivity contribution < 1.29 is 4.79 Å². The molecule has 0 aliphatic rings. The summed E-state index contributed by atoms with van der Waals surface area (Å²) >= 11 is 1.81. The molecule has 0 bridgehead atoms. The van der Waals surface area contributed by atoms with E-state index in [2.05, 4.69) is 20.8 Å². The van der Waals surface area contributed by atoms with E-state index in [0.717, 1.165) is 18.6 Å². The van der Waals surface area contributed by atoms with Gasteiger partial charge in [-0.15, -0.1) is 0 Å². The Morgan fingerprint density at radius 2 is 2.00 bits per heavy atom. The summed E-state index contributed by atoms with van der Waals surface area (Å²) in [5, 5.41) is 0.241. The van der Waals surface area contributed by atoms with Crippen LogP contribution in [0.1, 0.15) is 40.5 Å². The summed E-state index contributed by atoms with van der Waals surface area (Å²) in [4.78, 5) is 11.2. The normalized spacial score (nSPS) is 13.4. The van der Waals surface area contributed by atoms with E-state index >= 15 is 0 Å². The van der Waals surface area contributed by atoms with E-state index in [1.54, 1.807) is 6.92 Å². The Bertz CT molecular complexity index is 132. The highest BCUT2D eigenvalue weighted by molar-refractivity contribution is 8.00. The largest absolute Gasteiger partial charge is 0.299 e. The van der Waals surface area contributed by atoms with Crippen molar-refractivity contribution in [3.05, 3.63) is 0 Å². The molecule has 0 amide bonds. The van der Waals surface area contributed by atoms with E-state index in [9.17, 15) is 4.79 Å². The Morgan fingerprint density at radius 1 is 1.42 bits per heavy atom. The summed E-state index contributed by atoms with van der Waals surface area (Å²) in [6.07, 6.45) is 2.19. The van der Waals surface area contributed by atoms with Gasteiger partial charge >= 0.3 is 0 Å². The molecule has 72 valence electrons. The maximum absolute atomic E-state index is 11.2. The van der Waals surface area contributed by atoms with Crippen LogP contribution in [-0.2, 0) is 4.79 Å². The van der Waals surface area contributed by atoms with Crippen LogP contribution in [0.2, 0.25) is 0 Å². The van der Waals surface area contributed by atoms with Gasteiger partial charge in [0.25, 0.3) is 0 Å². The van der Waals surface area contributed by atoms with Crippen molar-refractivity contribution in [3.8, 4) is 0 Å². The molecule has 0 aromatic rings. The fraction of sp³-hybridized carbons (Fsp3) is 0.900. The second kappa shape index (κ2) is 6.53. The van der Waals surface area contributed by atoms with Crippen molar-refractivity contribution >= 4 is 17.5 Å². The SMILES string of the molecule is CCCSC(CC(C)C)C(C)=O. The highest BCUT2D eigenvalue weighted by Crippen LogP contribution is 2.20. The number of carbonyl (C=O) groups excluding carboxylic acids is 1. The Labute approximate surface area is 80.3 Å². The Kier molecular flexibility index (Phi) is 6.54. The molecule has 1 atom stereocenters. The van der Waals surface area contributed by atoms with E-state index in [1.165, 1.54) is 0 Å². The molecule has 0 fully saturated rings. The number of carbonyl (C=O) groups is 1. The first kappa shape index (κ1) is 12.0. The molecular formula is C10H20OS. The van der Waals surface area contributed by atoms with Gasteiger partial charge in [0.1, 0.15) is 5.78 Å². The molecule has 1 unspecified atom stereocenters. The first-order chi connectivity index (χ1) is 5.57. The molecule has 0 heterocycles. The van der Waals surface area contributed by atoms with Crippen LogP contribution in [0.5, 0.6) is 0 Å². The summed E-state index contributed by atoms with van der Waals surface area (Å²) in [6.45, 7) is 8.19. The third kappa shape index (κ3) is 5.64. The number of ketones is 1. The first-order valence-corrected chi connectivity index (χ1v) is 5.74. The average Bonchev–Trinajstić information content (AvgIpc) is 1.96. The van der Waals surface area contributed by atoms with Crippen LogP contribution in [-0.4, -0.2) is 16.8 Å². The van der Waals surface area contributed by atoms with Crippen LogP contribution < -0.4 is 0 Å². The minimum absolute atomic E-state index is 0.241. The van der Waals surface area contributed by atoms with Crippen LogP contribution in [0.15, 0.2) is 0 Å². The smallest absolute Gasteiger partial charge is 0.142 e. The van der Waals surface area contributed by atoms with Gasteiger partial charge in [-0.1, -0.05) is 20.8 Å². The fourth-order valence-electron chi connectivity index (χ4n) is 1.04. The molecular weight excluding hydrogens is 168 g/mol. The Balaban J connectivity index is 3.78. The average molecular weight is 188 g/mol. The molecule has 0 N–H and O–H groups in total. The van der Waals surface area contributed by atoms with Crippen LogP contribution in [0.25, 0.3) is 0 Å². The minimum Gasteiger partial charge on any atom is -0.299 e. The zero-order chi connectivity index (χ0) is 9.56. The molecule has 1 nitrogen and oxygen atoms in total. The summed E-state index contributed by atoms with van der Waals surface area (Å²) in [5.74, 6) is 2.07. The standard InChI is InChI=1S/C10H20OS/c1-5-6-12-10(9(4)11)7-8(2)3/h8,10H,5-7H2,1-4H3. The van der Waals surface area contributed by atoms with Gasteiger partial charge in [-0.3, -0.25) is 4.79 Å². The first-order valence-electron chi connectivity index (χ1n) is 4.70. The maximum atomic E-state index is 11.2. The zero-order valence-corrected chi connectivity index (χ0v) is 9.41. The van der Waals surface area contributed by atoms with Gasteiger partial charge in [-0.2, -0.15) is 11.8 Å². The van der Waals surface area contributed by atoms with Crippen molar-refractivity contribution in [2.75, 3.05) is 5.75 Å². The van der Waals surface area contributed by atoms with Crippen molar-refractivity contribution in [2.45, 2.75) is 45.8 Å². The second-order valence-corrected chi connectivity index (χ2v) is 4.91. The molecule has 0 aromatic carbocycles. The van der Waals surface area contributed by atoms with Crippen LogP contribution in [0.3, 0.4) is 0 Å². The highest BCUT2D eigenvalue weighted by atomic mass is 32.2. The molecule has 0 rings (SSSR count). The van der Waals surface area contributed by atoms with E-state index in [0.29, 0.717) is 11.7 Å². The molecule has 0 aliphatic heterocycles. The highest BCUT2D eigenvalue weighted by Gasteiger charge is 2.15. The Morgan fingerprint density at radius 3 is 2.33 bits per heavy atom. The van der Waals surface area contributed by atoms with E-state index in [-0.39, 0.29) is 5.25 Å². The van der Waals surface area contributed by atoms with Crippen LogP contribution in [0, 0.1) is 5.92 Å². The molecule has 0 aromatic heterocycles. The third-order valence-electron chi connectivity index (χ3n) is 1.66. The summed E-state index contributed by atoms with van der Waals surface area (Å²) in [6, 6.07) is 0. The monoisotopic (exact) mass is 188 g/mol. The Hall–Kier alpha value is 0.0200. The number of hydrogen-bond acceptors (Lipinski definition) is 2. The van der Waals surface area contributed by atoms with Gasteiger partial charge in [0, 0.05) is 0 Å². The zero-order valence-electron chi connectivity index (χ0n) is 8.59. The topological polar surface area (TPSA) is 17.1 Å². The number of rotatable bonds is 6. The lowest BCUT2D eigenvalue weighted by atomic mass is 10.1. The lowest BCUT2D eigenvalue weighted by Crippen LogP contribution is -2.16. The quantitative estimate of drug-likeness (QED) is 0.637. The van der Waals surface area contributed by atoms with Gasteiger partial charge < -0.3 is 0 Å². The molecule has 0 saturated carbocycles. The van der Waals surface area contributed by atoms with Gasteiger partial charge in [0.05, 0.1) is 5.25 Å². The van der Waals surface area contributed by atoms with E-state index in [4.69, 9.17) is 0 Å². The van der Waals surface area contributed by atoms with Crippen LogP contribution >= 0.6 is 11.8 Å². The van der Waals surface area contributed by atoms with Crippen molar-refractivity contribution in [1.29, 1.82) is 0 Å². The molecule has 0 saturated heterocycles. The minimum atomic E-state index is 0.241. The lowest BCUT2D eigenvalue weighted by Gasteiger charge is -2.14. The second-order valence-electron chi connectivity index (χ2n) is 3.60. The van der Waals surface area contributed by atoms with Crippen molar-refractivity contribution in [3.63, 3.8) is 0 Å². The lowest BCUT2D eigenvalue weighted by molar-refractivity contribution is -0.116. The fourth-order valence-corrected chi connectivity index (χ4v) is 2.32. The molecule has 2 heteroatoms. The predicted molar refractivity (Wildman–Crippen MR) is 56.7 cm³/mol. The third-order valence-corrected chi connectivity index (χ3v) is 3.23. The van der Waals surface area contributed by atoms with Gasteiger partial charge in [-0.05, 0) is 31.4 Å². The van der Waals surface area contributed by atoms with Gasteiger partial charge in [0.2, 0.25) is 0 Å². The summed E-state index contributed by atoms with van der Waals surface area (Å²) < 4.78 is 0. The number of thioether (sulfide) groups is 1. The summed E-state index contributed by atoms with van der Waals surface area (Å²) in [5.41, 5.74) is 0. The van der Waals surface area contributed by atoms with E-state index < -0.39 is 0 Å². The number of Topliss-reactive ketones (excluding diaryl/α,β-unsaturated/α-hetero) is 1. The number of hydrogen-bond donors (Lipinski definition) is 0. The summed E-state index contributed by atoms with van der Waals surface area (Å²) in [7, 11) is 0. The predicted octanol–water partition coefficient (Wildman–Crippen LogP) is 3.13. The molecule has 0 radical (unpaired) electrons. The maximum Gasteiger partial charge on any atom is 0.142 e. The van der Waals surface area contributed by atoms with Crippen molar-refractivity contribution in [2.24, 2.45) is 5.92 Å². The molecule has 12 heavy (non-hydrogen) atoms. The van der Waals surface area contributed by atoms with E-state index in [1.807, 2.05) is 11.8 Å². The van der Waals surface area contributed by atoms with Crippen LogP contribution in [0.4, 0.5) is 0 Å². The van der Waals surface area contributed by atoms with Gasteiger partial charge in [0.15, 0.2) is 0 Å². The molecule has 0 spiro atoms. The van der Waals surface area contributed by atoms with Gasteiger partial charge in [-0.25, -0.2) is 0 Å².